The molecule has 0 aliphatic rings. The van der Waals surface area contributed by atoms with Gasteiger partial charge in [0.2, 0.25) is 5.89 Å². The molecule has 0 saturated carbocycles. The molecule has 15 heavy (non-hydrogen) atoms. The monoisotopic (exact) mass is 219 g/mol. The summed E-state index contributed by atoms with van der Waals surface area (Å²) in [5, 5.41) is 3.86. The van der Waals surface area contributed by atoms with Gasteiger partial charge in [-0.05, 0) is 0 Å². The van der Waals surface area contributed by atoms with Gasteiger partial charge >= 0.3 is 0 Å². The van der Waals surface area contributed by atoms with Crippen molar-refractivity contribution in [3.05, 3.63) is 30.3 Å². The highest BCUT2D eigenvalue weighted by molar-refractivity contribution is 7.13. The third-order valence-electron chi connectivity index (χ3n) is 1.87. The smallest absolute Gasteiger partial charge is 0.246 e. The fourth-order valence-electron chi connectivity index (χ4n) is 1.25. The standard InChI is InChI=1S/C9H5N3O2S/c1-3-14-12-6(1)8-7(11-5-15-8)9-10-2-4-13-9/h1-5H. The first-order valence-electron chi connectivity index (χ1n) is 4.19. The van der Waals surface area contributed by atoms with E-state index in [9.17, 15) is 0 Å². The van der Waals surface area contributed by atoms with Crippen LogP contribution in [0.2, 0.25) is 0 Å². The van der Waals surface area contributed by atoms with E-state index in [1.807, 2.05) is 0 Å². The Morgan fingerprint density at radius 2 is 2.20 bits per heavy atom. The molecule has 5 nitrogen and oxygen atoms in total. The number of nitrogens with zero attached hydrogens (tertiary/aromatic N) is 3. The molecule has 74 valence electrons. The number of oxazole rings is 1. The molecule has 0 unspecified atom stereocenters. The van der Waals surface area contributed by atoms with Crippen LogP contribution in [0.15, 0.2) is 39.2 Å². The van der Waals surface area contributed by atoms with Crippen molar-refractivity contribution < 1.29 is 8.94 Å². The number of hydrogen-bond acceptors (Lipinski definition) is 6. The molecule has 3 heterocycles. The van der Waals surface area contributed by atoms with Crippen LogP contribution in [0, 0.1) is 0 Å². The lowest BCUT2D eigenvalue weighted by molar-refractivity contribution is 0.422. The minimum atomic E-state index is 0.495. The Hall–Kier alpha value is -1.95. The third-order valence-corrected chi connectivity index (χ3v) is 2.72. The maximum atomic E-state index is 5.19. The van der Waals surface area contributed by atoms with Crippen LogP contribution in [-0.2, 0) is 0 Å². The molecule has 3 aromatic heterocycles. The number of rotatable bonds is 2. The normalized spacial score (nSPS) is 10.7. The van der Waals surface area contributed by atoms with Crippen LogP contribution in [0.5, 0.6) is 0 Å². The average molecular weight is 219 g/mol. The van der Waals surface area contributed by atoms with E-state index in [0.717, 1.165) is 10.6 Å². The van der Waals surface area contributed by atoms with E-state index in [4.69, 9.17) is 8.94 Å². The van der Waals surface area contributed by atoms with Crippen molar-refractivity contribution in [2.24, 2.45) is 0 Å². The Kier molecular flexibility index (Phi) is 1.85. The van der Waals surface area contributed by atoms with Gasteiger partial charge in [0.05, 0.1) is 16.6 Å². The molecule has 0 fully saturated rings. The van der Waals surface area contributed by atoms with Crippen molar-refractivity contribution >= 4 is 11.3 Å². The van der Waals surface area contributed by atoms with Crippen LogP contribution in [0.3, 0.4) is 0 Å². The summed E-state index contributed by atoms with van der Waals surface area (Å²) in [6, 6.07) is 1.78. The second-order valence-electron chi connectivity index (χ2n) is 2.75. The molecule has 0 aromatic carbocycles. The molecule has 0 N–H and O–H groups in total. The molecule has 0 aliphatic carbocycles. The largest absolute Gasteiger partial charge is 0.443 e. The van der Waals surface area contributed by atoms with Gasteiger partial charge in [-0.3, -0.25) is 0 Å². The first kappa shape index (κ1) is 8.37. The zero-order chi connectivity index (χ0) is 10.1. The quantitative estimate of drug-likeness (QED) is 0.662. The van der Waals surface area contributed by atoms with Crippen molar-refractivity contribution in [1.29, 1.82) is 0 Å². The van der Waals surface area contributed by atoms with Crippen LogP contribution in [0.4, 0.5) is 0 Å². The highest BCUT2D eigenvalue weighted by atomic mass is 32.1. The summed E-state index contributed by atoms with van der Waals surface area (Å²) in [5.41, 5.74) is 3.16. The van der Waals surface area contributed by atoms with Gasteiger partial charge in [-0.1, -0.05) is 5.16 Å². The molecule has 0 radical (unpaired) electrons. The fraction of sp³-hybridized carbons (Fsp3) is 0. The molecule has 0 spiro atoms. The van der Waals surface area contributed by atoms with Crippen LogP contribution < -0.4 is 0 Å². The van der Waals surface area contributed by atoms with Crippen LogP contribution >= 0.6 is 11.3 Å². The zero-order valence-corrected chi connectivity index (χ0v) is 8.27. The van der Waals surface area contributed by atoms with Gasteiger partial charge in [0.15, 0.2) is 0 Å². The predicted octanol–water partition coefficient (Wildman–Crippen LogP) is 2.45. The summed E-state index contributed by atoms with van der Waals surface area (Å²) in [4.78, 5) is 9.14. The topological polar surface area (TPSA) is 65.0 Å². The van der Waals surface area contributed by atoms with Gasteiger partial charge in [0.25, 0.3) is 0 Å². The van der Waals surface area contributed by atoms with E-state index in [2.05, 4.69) is 15.1 Å². The van der Waals surface area contributed by atoms with Gasteiger partial charge in [-0.25, -0.2) is 9.97 Å². The van der Waals surface area contributed by atoms with Crippen LogP contribution in [0.1, 0.15) is 0 Å². The van der Waals surface area contributed by atoms with Gasteiger partial charge in [-0.2, -0.15) is 0 Å². The first-order chi connectivity index (χ1) is 7.45. The van der Waals surface area contributed by atoms with Crippen molar-refractivity contribution in [2.75, 3.05) is 0 Å². The number of thiazole rings is 1. The van der Waals surface area contributed by atoms with Gasteiger partial charge < -0.3 is 8.94 Å². The van der Waals surface area contributed by atoms with Crippen molar-refractivity contribution in [3.8, 4) is 22.2 Å². The predicted molar refractivity (Wildman–Crippen MR) is 53.1 cm³/mol. The summed E-state index contributed by atoms with van der Waals surface area (Å²) in [5.74, 6) is 0.495. The maximum absolute atomic E-state index is 5.19. The lowest BCUT2D eigenvalue weighted by Crippen LogP contribution is -1.80. The van der Waals surface area contributed by atoms with E-state index < -0.39 is 0 Å². The lowest BCUT2D eigenvalue weighted by Gasteiger charge is -1.92. The Bertz CT molecular complexity index is 493. The van der Waals surface area contributed by atoms with E-state index in [0.29, 0.717) is 11.6 Å². The molecule has 0 saturated heterocycles. The molecule has 0 aliphatic heterocycles. The third kappa shape index (κ3) is 1.35. The summed E-state index contributed by atoms with van der Waals surface area (Å²) in [7, 11) is 0. The van der Waals surface area contributed by atoms with Crippen molar-refractivity contribution in [1.82, 2.24) is 15.1 Å². The first-order valence-corrected chi connectivity index (χ1v) is 5.07. The zero-order valence-electron chi connectivity index (χ0n) is 7.45. The van der Waals surface area contributed by atoms with E-state index in [1.54, 1.807) is 17.8 Å². The Labute approximate surface area is 88.4 Å². The maximum Gasteiger partial charge on any atom is 0.246 e. The molecular weight excluding hydrogens is 214 g/mol. The van der Waals surface area contributed by atoms with Gasteiger partial charge in [0, 0.05) is 6.07 Å². The summed E-state index contributed by atoms with van der Waals surface area (Å²) < 4.78 is 9.98. The fourth-order valence-corrected chi connectivity index (χ4v) is 1.99. The minimum Gasteiger partial charge on any atom is -0.443 e. The summed E-state index contributed by atoms with van der Waals surface area (Å²) in [6.07, 6.45) is 4.62. The van der Waals surface area contributed by atoms with Crippen molar-refractivity contribution in [3.63, 3.8) is 0 Å². The Morgan fingerprint density at radius 3 is 2.93 bits per heavy atom. The lowest BCUT2D eigenvalue weighted by atomic mass is 10.3. The molecule has 3 aromatic rings. The van der Waals surface area contributed by atoms with Crippen LogP contribution in [0.25, 0.3) is 22.2 Å². The van der Waals surface area contributed by atoms with E-state index in [1.165, 1.54) is 23.9 Å². The highest BCUT2D eigenvalue weighted by Gasteiger charge is 2.15. The molecule has 0 amide bonds. The van der Waals surface area contributed by atoms with Gasteiger partial charge in [-0.15, -0.1) is 11.3 Å². The molecule has 0 atom stereocenters. The average Bonchev–Trinajstić information content (AvgIpc) is 3.01. The second-order valence-corrected chi connectivity index (χ2v) is 3.61. The number of aromatic nitrogens is 3. The summed E-state index contributed by atoms with van der Waals surface area (Å²) in [6.45, 7) is 0. The summed E-state index contributed by atoms with van der Waals surface area (Å²) >= 11 is 1.47. The minimum absolute atomic E-state index is 0.495. The molecule has 6 heteroatoms. The highest BCUT2D eigenvalue weighted by Crippen LogP contribution is 2.32. The molecule has 3 rings (SSSR count). The van der Waals surface area contributed by atoms with E-state index >= 15 is 0 Å². The number of hydrogen-bond donors (Lipinski definition) is 0. The Morgan fingerprint density at radius 1 is 1.20 bits per heavy atom. The SMILES string of the molecule is c1coc(-c2ncsc2-c2ccon2)n1. The molecule has 0 bridgehead atoms. The van der Waals surface area contributed by atoms with Gasteiger partial charge in [0.1, 0.15) is 23.9 Å². The molecular formula is C9H5N3O2S. The second kappa shape index (κ2) is 3.32. The van der Waals surface area contributed by atoms with E-state index in [-0.39, 0.29) is 0 Å². The van der Waals surface area contributed by atoms with Crippen molar-refractivity contribution in [2.45, 2.75) is 0 Å². The van der Waals surface area contributed by atoms with Crippen LogP contribution in [-0.4, -0.2) is 15.1 Å². The Balaban J connectivity index is 2.15.